The highest BCUT2D eigenvalue weighted by Gasteiger charge is 2.16. The summed E-state index contributed by atoms with van der Waals surface area (Å²) in [5.74, 6) is 1.13. The molecular weight excluding hydrogens is 310 g/mol. The summed E-state index contributed by atoms with van der Waals surface area (Å²) in [6.45, 7) is 1.03. The summed E-state index contributed by atoms with van der Waals surface area (Å²) < 4.78 is 2.24. The number of hydrogen-bond acceptors (Lipinski definition) is 2. The van der Waals surface area contributed by atoms with Gasteiger partial charge in [-0.1, -0.05) is 48.5 Å². The molecule has 4 rings (SSSR count). The minimum Gasteiger partial charge on any atom is -0.334 e. The summed E-state index contributed by atoms with van der Waals surface area (Å²) in [7, 11) is 0. The Bertz CT molecular complexity index is 860. The predicted molar refractivity (Wildman–Crippen MR) is 99.4 cm³/mol. The first-order valence-electron chi connectivity index (χ1n) is 8.79. The zero-order valence-corrected chi connectivity index (χ0v) is 14.1. The molecule has 0 unspecified atom stereocenters. The molecule has 0 aliphatic carbocycles. The normalized spacial score (nSPS) is 13.3. The molecule has 126 valence electrons. The Morgan fingerprint density at radius 1 is 1.04 bits per heavy atom. The first-order valence-corrected chi connectivity index (χ1v) is 8.79. The molecule has 4 nitrogen and oxygen atoms in total. The van der Waals surface area contributed by atoms with E-state index in [0.717, 1.165) is 41.3 Å². The molecule has 2 heterocycles. The number of imidazole rings is 1. The molecule has 1 N–H and O–H groups in total. The monoisotopic (exact) mass is 331 g/mol. The van der Waals surface area contributed by atoms with Crippen LogP contribution in [-0.2, 0) is 24.2 Å². The van der Waals surface area contributed by atoms with Crippen LogP contribution < -0.4 is 5.32 Å². The number of rotatable bonds is 4. The highest BCUT2D eigenvalue weighted by molar-refractivity contribution is 5.96. The molecule has 4 heteroatoms. The van der Waals surface area contributed by atoms with Crippen molar-refractivity contribution in [3.05, 3.63) is 72.2 Å². The van der Waals surface area contributed by atoms with Crippen LogP contribution in [-0.4, -0.2) is 15.5 Å². The summed E-state index contributed by atoms with van der Waals surface area (Å²) in [4.78, 5) is 17.2. The Morgan fingerprint density at radius 2 is 1.84 bits per heavy atom. The lowest BCUT2D eigenvalue weighted by Crippen LogP contribution is -2.15. The van der Waals surface area contributed by atoms with E-state index in [9.17, 15) is 4.79 Å². The van der Waals surface area contributed by atoms with Crippen LogP contribution in [0.2, 0.25) is 0 Å². The van der Waals surface area contributed by atoms with Gasteiger partial charge in [0, 0.05) is 24.7 Å². The molecule has 0 atom stereocenters. The topological polar surface area (TPSA) is 46.9 Å². The maximum Gasteiger partial charge on any atom is 0.228 e. The quantitative estimate of drug-likeness (QED) is 0.783. The van der Waals surface area contributed by atoms with Gasteiger partial charge in [-0.05, 0) is 24.5 Å². The van der Waals surface area contributed by atoms with Gasteiger partial charge in [-0.15, -0.1) is 0 Å². The minimum absolute atomic E-state index is 0.0115. The molecule has 0 bridgehead atoms. The van der Waals surface area contributed by atoms with Crippen LogP contribution in [0.15, 0.2) is 60.8 Å². The van der Waals surface area contributed by atoms with Crippen LogP contribution in [0.1, 0.15) is 24.2 Å². The van der Waals surface area contributed by atoms with Crippen molar-refractivity contribution in [1.82, 2.24) is 9.55 Å². The molecule has 1 aromatic heterocycles. The van der Waals surface area contributed by atoms with Crippen molar-refractivity contribution in [1.29, 1.82) is 0 Å². The number of aryl methyl sites for hydroxylation is 2. The molecule has 0 fully saturated rings. The average Bonchev–Trinajstić information content (AvgIpc) is 3.07. The van der Waals surface area contributed by atoms with Gasteiger partial charge in [0.05, 0.1) is 17.8 Å². The number of nitrogens with zero attached hydrogens (tertiary/aromatic N) is 2. The molecule has 0 radical (unpaired) electrons. The van der Waals surface area contributed by atoms with E-state index in [1.54, 1.807) is 0 Å². The Labute approximate surface area is 147 Å². The zero-order chi connectivity index (χ0) is 17.1. The molecule has 1 amide bonds. The standard InChI is InChI=1S/C21H21N3O/c25-21(14-16-8-2-1-3-9-16)23-18-11-5-4-10-17(18)19-15-24-13-7-6-12-20(24)22-19/h1-5,8-11,15H,6-7,12-14H2,(H,23,25). The fraction of sp³-hybridized carbons (Fsp3) is 0.238. The first kappa shape index (κ1) is 15.6. The number of fused-ring (bicyclic) bond motifs is 1. The number of para-hydroxylation sites is 1. The molecule has 2 aromatic carbocycles. The SMILES string of the molecule is O=C(Cc1ccccc1)Nc1ccccc1-c1cn2c(n1)CCCC2. The third kappa shape index (κ3) is 3.48. The van der Waals surface area contributed by atoms with E-state index in [-0.39, 0.29) is 5.91 Å². The summed E-state index contributed by atoms with van der Waals surface area (Å²) in [5, 5.41) is 3.05. The molecule has 25 heavy (non-hydrogen) atoms. The lowest BCUT2D eigenvalue weighted by atomic mass is 10.1. The number of nitrogens with one attached hydrogen (secondary N) is 1. The summed E-state index contributed by atoms with van der Waals surface area (Å²) in [6, 6.07) is 17.7. The van der Waals surface area contributed by atoms with Gasteiger partial charge in [-0.2, -0.15) is 0 Å². The van der Waals surface area contributed by atoms with E-state index >= 15 is 0 Å². The van der Waals surface area contributed by atoms with Gasteiger partial charge in [0.1, 0.15) is 5.82 Å². The van der Waals surface area contributed by atoms with Crippen molar-refractivity contribution < 1.29 is 4.79 Å². The third-order valence-electron chi connectivity index (χ3n) is 4.59. The maximum atomic E-state index is 12.4. The maximum absolute atomic E-state index is 12.4. The van der Waals surface area contributed by atoms with Crippen LogP contribution in [0.4, 0.5) is 5.69 Å². The number of carbonyl (C=O) groups excluding carboxylic acids is 1. The van der Waals surface area contributed by atoms with Crippen molar-refractivity contribution in [2.75, 3.05) is 5.32 Å². The number of carbonyl (C=O) groups is 1. The van der Waals surface area contributed by atoms with E-state index in [1.807, 2.05) is 54.6 Å². The first-order chi connectivity index (χ1) is 12.3. The third-order valence-corrected chi connectivity index (χ3v) is 4.59. The second-order valence-electron chi connectivity index (χ2n) is 6.45. The molecule has 0 saturated heterocycles. The van der Waals surface area contributed by atoms with Crippen LogP contribution >= 0.6 is 0 Å². The fourth-order valence-electron chi connectivity index (χ4n) is 3.33. The van der Waals surface area contributed by atoms with Gasteiger partial charge in [-0.25, -0.2) is 4.98 Å². The number of benzene rings is 2. The van der Waals surface area contributed by atoms with Crippen molar-refractivity contribution in [3.8, 4) is 11.3 Å². The minimum atomic E-state index is -0.0115. The van der Waals surface area contributed by atoms with Gasteiger partial charge < -0.3 is 9.88 Å². The Balaban J connectivity index is 1.57. The zero-order valence-electron chi connectivity index (χ0n) is 14.1. The van der Waals surface area contributed by atoms with Crippen LogP contribution in [0.25, 0.3) is 11.3 Å². The highest BCUT2D eigenvalue weighted by Crippen LogP contribution is 2.29. The van der Waals surface area contributed by atoms with Crippen LogP contribution in [0, 0.1) is 0 Å². The van der Waals surface area contributed by atoms with Crippen molar-refractivity contribution >= 4 is 11.6 Å². The fourth-order valence-corrected chi connectivity index (χ4v) is 3.33. The van der Waals surface area contributed by atoms with Crippen LogP contribution in [0.5, 0.6) is 0 Å². The van der Waals surface area contributed by atoms with Crippen molar-refractivity contribution in [2.45, 2.75) is 32.2 Å². The molecule has 1 aliphatic heterocycles. The Hall–Kier alpha value is -2.88. The van der Waals surface area contributed by atoms with E-state index in [4.69, 9.17) is 4.98 Å². The van der Waals surface area contributed by atoms with Gasteiger partial charge in [-0.3, -0.25) is 4.79 Å². The Kier molecular flexibility index (Phi) is 4.34. The number of amides is 1. The molecule has 0 saturated carbocycles. The van der Waals surface area contributed by atoms with E-state index in [0.29, 0.717) is 6.42 Å². The molecule has 3 aromatic rings. The summed E-state index contributed by atoms with van der Waals surface area (Å²) in [6.07, 6.45) is 5.91. The van der Waals surface area contributed by atoms with Gasteiger partial charge in [0.2, 0.25) is 5.91 Å². The lowest BCUT2D eigenvalue weighted by Gasteiger charge is -2.11. The van der Waals surface area contributed by atoms with Crippen molar-refractivity contribution in [2.24, 2.45) is 0 Å². The molecule has 0 spiro atoms. The predicted octanol–water partition coefficient (Wildman–Crippen LogP) is 4.07. The second kappa shape index (κ2) is 6.93. The van der Waals surface area contributed by atoms with Crippen LogP contribution in [0.3, 0.4) is 0 Å². The molecular formula is C21H21N3O. The van der Waals surface area contributed by atoms with Crippen molar-refractivity contribution in [3.63, 3.8) is 0 Å². The van der Waals surface area contributed by atoms with E-state index in [1.165, 1.54) is 12.8 Å². The number of hydrogen-bond donors (Lipinski definition) is 1. The lowest BCUT2D eigenvalue weighted by molar-refractivity contribution is -0.115. The second-order valence-corrected chi connectivity index (χ2v) is 6.45. The highest BCUT2D eigenvalue weighted by atomic mass is 16.1. The molecule has 1 aliphatic rings. The number of aromatic nitrogens is 2. The Morgan fingerprint density at radius 3 is 2.68 bits per heavy atom. The number of anilines is 1. The van der Waals surface area contributed by atoms with Gasteiger partial charge >= 0.3 is 0 Å². The van der Waals surface area contributed by atoms with Gasteiger partial charge in [0.25, 0.3) is 0 Å². The largest absolute Gasteiger partial charge is 0.334 e. The summed E-state index contributed by atoms with van der Waals surface area (Å²) >= 11 is 0. The van der Waals surface area contributed by atoms with Gasteiger partial charge in [0.15, 0.2) is 0 Å². The smallest absolute Gasteiger partial charge is 0.228 e. The average molecular weight is 331 g/mol. The summed E-state index contributed by atoms with van der Waals surface area (Å²) in [5.41, 5.74) is 3.74. The van der Waals surface area contributed by atoms with E-state index in [2.05, 4.69) is 16.1 Å². The van der Waals surface area contributed by atoms with E-state index < -0.39 is 0 Å².